The van der Waals surface area contributed by atoms with Gasteiger partial charge in [-0.2, -0.15) is 0 Å². The molecule has 0 aromatic carbocycles. The molecule has 0 fully saturated rings. The van der Waals surface area contributed by atoms with Crippen LogP contribution in [0.2, 0.25) is 0 Å². The number of hydrogen-bond donors (Lipinski definition) is 0. The first-order chi connectivity index (χ1) is 39.5. The Kier molecular flexibility index (Phi) is 67.1. The van der Waals surface area contributed by atoms with Crippen molar-refractivity contribution in [2.45, 2.75) is 406 Å². The van der Waals surface area contributed by atoms with Gasteiger partial charge in [-0.1, -0.05) is 346 Å². The van der Waals surface area contributed by atoms with Crippen LogP contribution < -0.4 is 0 Å². The minimum atomic E-state index is -0.777. The van der Waals surface area contributed by atoms with E-state index in [4.69, 9.17) is 14.2 Å². The van der Waals surface area contributed by atoms with E-state index in [1.807, 2.05) is 0 Å². The first kappa shape index (κ1) is 77.6. The lowest BCUT2D eigenvalue weighted by molar-refractivity contribution is -0.167. The third-order valence-electron chi connectivity index (χ3n) is 16.4. The highest BCUT2D eigenvalue weighted by Crippen LogP contribution is 2.19. The number of unbranched alkanes of at least 4 members (excludes halogenated alkanes) is 50. The maximum atomic E-state index is 13.0. The molecular formula is C74H138O6. The minimum absolute atomic E-state index is 0.0721. The van der Waals surface area contributed by atoms with E-state index in [0.29, 0.717) is 19.3 Å². The van der Waals surface area contributed by atoms with Crippen LogP contribution in [0.1, 0.15) is 400 Å². The Hall–Kier alpha value is -2.37. The number of esters is 3. The van der Waals surface area contributed by atoms with Crippen LogP contribution in [0.25, 0.3) is 0 Å². The molecule has 1 atom stereocenters. The smallest absolute Gasteiger partial charge is 0.306 e. The maximum absolute atomic E-state index is 13.0. The third kappa shape index (κ3) is 66.4. The van der Waals surface area contributed by atoms with Gasteiger partial charge in [-0.25, -0.2) is 0 Å². The number of hydrogen-bond acceptors (Lipinski definition) is 6. The second-order valence-corrected chi connectivity index (χ2v) is 24.5. The lowest BCUT2D eigenvalue weighted by Gasteiger charge is -2.18. The molecule has 0 spiro atoms. The molecule has 0 bridgehead atoms. The van der Waals surface area contributed by atoms with Gasteiger partial charge in [-0.05, 0) is 70.6 Å². The molecule has 0 aliphatic carbocycles. The van der Waals surface area contributed by atoms with Gasteiger partial charge in [0.2, 0.25) is 0 Å². The first-order valence-corrected chi connectivity index (χ1v) is 36.0. The maximum Gasteiger partial charge on any atom is 0.306 e. The van der Waals surface area contributed by atoms with Crippen LogP contribution in [0.3, 0.4) is 0 Å². The molecule has 0 aromatic heterocycles. The average molecular weight is 1120 g/mol. The molecule has 0 aliphatic heterocycles. The molecule has 80 heavy (non-hydrogen) atoms. The summed E-state index contributed by atoms with van der Waals surface area (Å²) in [6, 6.07) is 0. The van der Waals surface area contributed by atoms with E-state index in [1.54, 1.807) is 0 Å². The fraction of sp³-hybridized carbons (Fsp3) is 0.878. The molecule has 0 amide bonds. The van der Waals surface area contributed by atoms with Crippen LogP contribution in [-0.4, -0.2) is 37.2 Å². The van der Waals surface area contributed by atoms with E-state index >= 15 is 0 Å². The van der Waals surface area contributed by atoms with Gasteiger partial charge in [0.15, 0.2) is 6.10 Å². The summed E-state index contributed by atoms with van der Waals surface area (Å²) in [6.45, 7) is 6.67. The molecule has 0 saturated carbocycles. The van der Waals surface area contributed by atoms with Crippen molar-refractivity contribution in [3.8, 4) is 0 Å². The van der Waals surface area contributed by atoms with Crippen molar-refractivity contribution in [2.24, 2.45) is 0 Å². The Morgan fingerprint density at radius 1 is 0.250 bits per heavy atom. The molecule has 0 aliphatic rings. The molecule has 0 rings (SSSR count). The van der Waals surface area contributed by atoms with Crippen molar-refractivity contribution < 1.29 is 28.6 Å². The number of carbonyl (C=O) groups excluding carboxylic acids is 3. The predicted molar refractivity (Wildman–Crippen MR) is 349 cm³/mol. The molecule has 6 nitrogen and oxygen atoms in total. The largest absolute Gasteiger partial charge is 0.462 e. The summed E-state index contributed by atoms with van der Waals surface area (Å²) < 4.78 is 17.0. The molecule has 470 valence electrons. The SMILES string of the molecule is CCCC/C=C\C/C=C\CCCCCCCC(=O)OCC(COC(=O)CCCCCCCCCCCCCCCCCCCCCCCCCCC)OC(=O)CCCCCCCCCCCCC/C=C\CCCCCCCCCC. The van der Waals surface area contributed by atoms with Crippen LogP contribution in [0.4, 0.5) is 0 Å². The molecule has 0 aromatic rings. The van der Waals surface area contributed by atoms with Gasteiger partial charge in [0.25, 0.3) is 0 Å². The summed E-state index contributed by atoms with van der Waals surface area (Å²) in [7, 11) is 0. The Morgan fingerprint density at radius 2 is 0.463 bits per heavy atom. The quantitative estimate of drug-likeness (QED) is 0.0261. The summed E-state index contributed by atoms with van der Waals surface area (Å²) >= 11 is 0. The number of allylic oxidation sites excluding steroid dienone is 6. The second kappa shape index (κ2) is 69.1. The Bertz CT molecular complexity index is 1340. The van der Waals surface area contributed by atoms with Gasteiger partial charge in [0.1, 0.15) is 13.2 Å². The van der Waals surface area contributed by atoms with Crippen molar-refractivity contribution >= 4 is 17.9 Å². The van der Waals surface area contributed by atoms with Crippen LogP contribution in [-0.2, 0) is 28.6 Å². The number of rotatable bonds is 67. The summed E-state index contributed by atoms with van der Waals surface area (Å²) in [5.41, 5.74) is 0. The van der Waals surface area contributed by atoms with E-state index in [-0.39, 0.29) is 31.1 Å². The van der Waals surface area contributed by atoms with E-state index in [9.17, 15) is 14.4 Å². The molecule has 0 radical (unpaired) electrons. The highest BCUT2D eigenvalue weighted by Gasteiger charge is 2.19. The van der Waals surface area contributed by atoms with Gasteiger partial charge < -0.3 is 14.2 Å². The minimum Gasteiger partial charge on any atom is -0.462 e. The topological polar surface area (TPSA) is 78.9 Å². The standard InChI is InChI=1S/C74H138O6/c1-4-7-10-13-16-19-22-25-28-30-32-34-36-37-39-40-42-44-46-49-52-55-58-61-64-67-73(76)79-70-71(69-78-72(75)66-63-60-57-54-51-48-27-24-21-18-15-12-9-6-3)80-74(77)68-65-62-59-56-53-50-47-45-43-41-38-35-33-31-29-26-23-20-17-14-11-8-5-2/h15,18,24,27,31,33,71H,4-14,16-17,19-23,25-26,28-30,32,34-70H2,1-3H3/b18-15-,27-24-,33-31-. The highest BCUT2D eigenvalue weighted by atomic mass is 16.6. The number of carbonyl (C=O) groups is 3. The summed E-state index contributed by atoms with van der Waals surface area (Å²) in [6.07, 6.45) is 86.1. The zero-order valence-corrected chi connectivity index (χ0v) is 54.1. The van der Waals surface area contributed by atoms with Crippen LogP contribution in [0, 0.1) is 0 Å². The van der Waals surface area contributed by atoms with Crippen LogP contribution in [0.15, 0.2) is 36.5 Å². The third-order valence-corrected chi connectivity index (χ3v) is 16.4. The van der Waals surface area contributed by atoms with Crippen LogP contribution in [0.5, 0.6) is 0 Å². The molecule has 0 saturated heterocycles. The normalized spacial score (nSPS) is 12.2. The Balaban J connectivity index is 4.24. The second-order valence-electron chi connectivity index (χ2n) is 24.5. The van der Waals surface area contributed by atoms with Crippen molar-refractivity contribution in [3.63, 3.8) is 0 Å². The van der Waals surface area contributed by atoms with E-state index < -0.39 is 6.10 Å². The molecule has 0 heterocycles. The molecule has 1 unspecified atom stereocenters. The molecule has 6 heteroatoms. The molecular weight excluding hydrogens is 985 g/mol. The average Bonchev–Trinajstić information content (AvgIpc) is 3.46. The molecule has 0 N–H and O–H groups in total. The van der Waals surface area contributed by atoms with Gasteiger partial charge >= 0.3 is 17.9 Å². The monoisotopic (exact) mass is 1120 g/mol. The van der Waals surface area contributed by atoms with Gasteiger partial charge in [-0.15, -0.1) is 0 Å². The fourth-order valence-electron chi connectivity index (χ4n) is 10.9. The van der Waals surface area contributed by atoms with Gasteiger partial charge in [-0.3, -0.25) is 14.4 Å². The fourth-order valence-corrected chi connectivity index (χ4v) is 10.9. The van der Waals surface area contributed by atoms with Crippen molar-refractivity contribution in [1.82, 2.24) is 0 Å². The summed E-state index contributed by atoms with van der Waals surface area (Å²) in [5.74, 6) is -0.858. The first-order valence-electron chi connectivity index (χ1n) is 36.0. The number of ether oxygens (including phenoxy) is 3. The summed E-state index contributed by atoms with van der Waals surface area (Å²) in [5, 5.41) is 0. The lowest BCUT2D eigenvalue weighted by Crippen LogP contribution is -2.30. The highest BCUT2D eigenvalue weighted by molar-refractivity contribution is 5.71. The van der Waals surface area contributed by atoms with Crippen LogP contribution >= 0.6 is 0 Å². The zero-order valence-electron chi connectivity index (χ0n) is 54.1. The Labute approximate surface area is 499 Å². The predicted octanol–water partition coefficient (Wildman–Crippen LogP) is 24.7. The van der Waals surface area contributed by atoms with Crippen molar-refractivity contribution in [1.29, 1.82) is 0 Å². The lowest BCUT2D eigenvalue weighted by atomic mass is 10.0. The van der Waals surface area contributed by atoms with Crippen molar-refractivity contribution in [2.75, 3.05) is 13.2 Å². The van der Waals surface area contributed by atoms with Gasteiger partial charge in [0, 0.05) is 19.3 Å². The Morgan fingerprint density at radius 3 is 0.738 bits per heavy atom. The summed E-state index contributed by atoms with van der Waals surface area (Å²) in [4.78, 5) is 38.4. The van der Waals surface area contributed by atoms with Gasteiger partial charge in [0.05, 0.1) is 0 Å². The van der Waals surface area contributed by atoms with E-state index in [1.165, 1.54) is 283 Å². The van der Waals surface area contributed by atoms with E-state index in [0.717, 1.165) is 77.0 Å². The van der Waals surface area contributed by atoms with E-state index in [2.05, 4.69) is 57.2 Å². The zero-order chi connectivity index (χ0) is 57.8. The van der Waals surface area contributed by atoms with Crippen molar-refractivity contribution in [3.05, 3.63) is 36.5 Å².